The van der Waals surface area contributed by atoms with Crippen molar-refractivity contribution in [1.82, 2.24) is 10.2 Å². The van der Waals surface area contributed by atoms with E-state index in [9.17, 15) is 9.59 Å². The van der Waals surface area contributed by atoms with Crippen LogP contribution in [0.3, 0.4) is 0 Å². The van der Waals surface area contributed by atoms with Crippen molar-refractivity contribution in [2.24, 2.45) is 0 Å². The first-order chi connectivity index (χ1) is 10.6. The van der Waals surface area contributed by atoms with Gasteiger partial charge in [-0.05, 0) is 36.4 Å². The first kappa shape index (κ1) is 15.5. The molecule has 3 heterocycles. The Morgan fingerprint density at radius 2 is 2.00 bits per heavy atom. The van der Waals surface area contributed by atoms with Crippen molar-refractivity contribution in [3.05, 3.63) is 43.7 Å². The summed E-state index contributed by atoms with van der Waals surface area (Å²) < 4.78 is 0.626. The Balaban J connectivity index is 1.52. The maximum absolute atomic E-state index is 12.3. The smallest absolute Gasteiger partial charge is 0.263 e. The number of halogens is 1. The molecule has 1 saturated heterocycles. The van der Waals surface area contributed by atoms with Crippen LogP contribution in [0.4, 0.5) is 0 Å². The third-order valence-electron chi connectivity index (χ3n) is 3.68. The molecule has 0 unspecified atom stereocenters. The van der Waals surface area contributed by atoms with Crippen LogP contribution in [0.5, 0.6) is 0 Å². The highest BCUT2D eigenvalue weighted by atomic mass is 35.5. The molecule has 0 aromatic carbocycles. The molecule has 116 valence electrons. The second-order valence-electron chi connectivity index (χ2n) is 5.16. The van der Waals surface area contributed by atoms with Crippen LogP contribution in [0.1, 0.15) is 32.9 Å². The summed E-state index contributed by atoms with van der Waals surface area (Å²) in [6, 6.07) is 5.45. The molecule has 0 spiro atoms. The Bertz CT molecular complexity index is 661. The standard InChI is InChI=1S/C15H15ClN2O2S2/c16-13-2-1-12(22-13)15(20)18-6-3-11(4-7-18)17-14(19)10-5-8-21-9-10/h1-2,5,8-9,11H,3-4,6-7H2,(H,17,19). The average Bonchev–Trinajstić information content (AvgIpc) is 3.18. The zero-order valence-corrected chi connectivity index (χ0v) is 14.1. The van der Waals surface area contributed by atoms with Crippen molar-refractivity contribution in [3.63, 3.8) is 0 Å². The van der Waals surface area contributed by atoms with Gasteiger partial charge in [-0.1, -0.05) is 11.6 Å². The van der Waals surface area contributed by atoms with E-state index in [1.165, 1.54) is 22.7 Å². The molecule has 1 aliphatic rings. The summed E-state index contributed by atoms with van der Waals surface area (Å²) in [5, 5.41) is 6.77. The van der Waals surface area contributed by atoms with E-state index >= 15 is 0 Å². The van der Waals surface area contributed by atoms with Gasteiger partial charge < -0.3 is 10.2 Å². The van der Waals surface area contributed by atoms with Crippen molar-refractivity contribution in [1.29, 1.82) is 0 Å². The number of rotatable bonds is 3. The Kier molecular flexibility index (Phi) is 4.81. The van der Waals surface area contributed by atoms with Gasteiger partial charge in [-0.3, -0.25) is 9.59 Å². The van der Waals surface area contributed by atoms with Gasteiger partial charge >= 0.3 is 0 Å². The SMILES string of the molecule is O=C(NC1CCN(C(=O)c2ccc(Cl)s2)CC1)c1ccsc1. The normalized spacial score (nSPS) is 15.8. The number of carbonyl (C=O) groups excluding carboxylic acids is 2. The van der Waals surface area contributed by atoms with E-state index in [1.807, 2.05) is 21.7 Å². The van der Waals surface area contributed by atoms with Crippen LogP contribution < -0.4 is 5.32 Å². The summed E-state index contributed by atoms with van der Waals surface area (Å²) in [5.74, 6) is -0.00410. The molecular formula is C15H15ClN2O2S2. The fraction of sp³-hybridized carbons (Fsp3) is 0.333. The van der Waals surface area contributed by atoms with Gasteiger partial charge in [-0.15, -0.1) is 11.3 Å². The van der Waals surface area contributed by atoms with Crippen LogP contribution in [0.15, 0.2) is 29.0 Å². The summed E-state index contributed by atoms with van der Waals surface area (Å²) in [7, 11) is 0. The molecule has 0 bridgehead atoms. The van der Waals surface area contributed by atoms with E-state index in [4.69, 9.17) is 11.6 Å². The minimum Gasteiger partial charge on any atom is -0.349 e. The van der Waals surface area contributed by atoms with Crippen LogP contribution >= 0.6 is 34.3 Å². The first-order valence-electron chi connectivity index (χ1n) is 7.01. The summed E-state index contributed by atoms with van der Waals surface area (Å²) in [6.45, 7) is 1.31. The third-order valence-corrected chi connectivity index (χ3v) is 5.59. The van der Waals surface area contributed by atoms with E-state index in [0.29, 0.717) is 27.9 Å². The van der Waals surface area contributed by atoms with Crippen molar-refractivity contribution in [2.45, 2.75) is 18.9 Å². The van der Waals surface area contributed by atoms with Crippen molar-refractivity contribution >= 4 is 46.1 Å². The molecule has 1 aliphatic heterocycles. The average molecular weight is 355 g/mol. The zero-order chi connectivity index (χ0) is 15.5. The number of thiophene rings is 2. The lowest BCUT2D eigenvalue weighted by Gasteiger charge is -2.32. The molecule has 2 aromatic heterocycles. The molecule has 22 heavy (non-hydrogen) atoms. The van der Waals surface area contributed by atoms with Crippen molar-refractivity contribution in [2.75, 3.05) is 13.1 Å². The highest BCUT2D eigenvalue weighted by Gasteiger charge is 2.25. The molecule has 1 fully saturated rings. The van der Waals surface area contributed by atoms with E-state index < -0.39 is 0 Å². The molecule has 2 aromatic rings. The summed E-state index contributed by atoms with van der Waals surface area (Å²) in [5.41, 5.74) is 0.705. The Hall–Kier alpha value is -1.37. The minimum absolute atomic E-state index is 0.0273. The summed E-state index contributed by atoms with van der Waals surface area (Å²) in [4.78, 5) is 26.8. The third kappa shape index (κ3) is 3.51. The zero-order valence-electron chi connectivity index (χ0n) is 11.8. The monoisotopic (exact) mass is 354 g/mol. The molecule has 0 saturated carbocycles. The molecule has 7 heteroatoms. The van der Waals surface area contributed by atoms with E-state index in [2.05, 4.69) is 5.32 Å². The fourth-order valence-corrected chi connectivity index (χ4v) is 4.12. The molecule has 0 aliphatic carbocycles. The second kappa shape index (κ2) is 6.81. The minimum atomic E-state index is -0.0314. The van der Waals surface area contributed by atoms with Gasteiger partial charge in [0.2, 0.25) is 0 Å². The number of piperidine rings is 1. The van der Waals surface area contributed by atoms with E-state index in [1.54, 1.807) is 12.1 Å². The second-order valence-corrected chi connectivity index (χ2v) is 7.65. The number of nitrogens with zero attached hydrogens (tertiary/aromatic N) is 1. The molecule has 1 N–H and O–H groups in total. The Morgan fingerprint density at radius 1 is 1.23 bits per heavy atom. The number of likely N-dealkylation sites (tertiary alicyclic amines) is 1. The van der Waals surface area contributed by atoms with Gasteiger partial charge in [0.1, 0.15) is 0 Å². The molecule has 2 amide bonds. The van der Waals surface area contributed by atoms with Gasteiger partial charge in [0.05, 0.1) is 9.21 Å². The first-order valence-corrected chi connectivity index (χ1v) is 9.15. The highest BCUT2D eigenvalue weighted by molar-refractivity contribution is 7.18. The highest BCUT2D eigenvalue weighted by Crippen LogP contribution is 2.24. The molecule has 0 atom stereocenters. The van der Waals surface area contributed by atoms with Gasteiger partial charge in [-0.25, -0.2) is 0 Å². The molecular weight excluding hydrogens is 340 g/mol. The lowest BCUT2D eigenvalue weighted by atomic mass is 10.0. The van der Waals surface area contributed by atoms with Gasteiger partial charge in [0.25, 0.3) is 11.8 Å². The predicted molar refractivity (Wildman–Crippen MR) is 90.0 cm³/mol. The van der Waals surface area contributed by atoms with Crippen molar-refractivity contribution < 1.29 is 9.59 Å². The summed E-state index contributed by atoms with van der Waals surface area (Å²) in [6.07, 6.45) is 1.56. The van der Waals surface area contributed by atoms with Gasteiger partial charge in [0.15, 0.2) is 0 Å². The molecule has 4 nitrogen and oxygen atoms in total. The van der Waals surface area contributed by atoms with Crippen LogP contribution in [0, 0.1) is 0 Å². The largest absolute Gasteiger partial charge is 0.349 e. The van der Waals surface area contributed by atoms with E-state index in [0.717, 1.165) is 12.8 Å². The molecule has 0 radical (unpaired) electrons. The number of nitrogens with one attached hydrogen (secondary N) is 1. The number of hydrogen-bond acceptors (Lipinski definition) is 4. The Morgan fingerprint density at radius 3 is 2.59 bits per heavy atom. The van der Waals surface area contributed by atoms with E-state index in [-0.39, 0.29) is 17.9 Å². The lowest BCUT2D eigenvalue weighted by Crippen LogP contribution is -2.46. The van der Waals surface area contributed by atoms with Crippen molar-refractivity contribution in [3.8, 4) is 0 Å². The van der Waals surface area contributed by atoms with Gasteiger partial charge in [-0.2, -0.15) is 11.3 Å². The number of amides is 2. The van der Waals surface area contributed by atoms with Gasteiger partial charge in [0, 0.05) is 30.1 Å². The molecule has 3 rings (SSSR count). The Labute approximate surface area is 141 Å². The lowest BCUT2D eigenvalue weighted by molar-refractivity contribution is 0.0703. The topological polar surface area (TPSA) is 49.4 Å². The number of carbonyl (C=O) groups is 2. The maximum atomic E-state index is 12.3. The van der Waals surface area contributed by atoms with Crippen LogP contribution in [0.2, 0.25) is 4.34 Å². The fourth-order valence-electron chi connectivity index (χ4n) is 2.47. The van der Waals surface area contributed by atoms with Crippen LogP contribution in [-0.4, -0.2) is 35.8 Å². The van der Waals surface area contributed by atoms with Crippen LogP contribution in [-0.2, 0) is 0 Å². The summed E-state index contributed by atoms with van der Waals surface area (Å²) >= 11 is 8.69. The maximum Gasteiger partial charge on any atom is 0.263 e. The number of hydrogen-bond donors (Lipinski definition) is 1. The quantitative estimate of drug-likeness (QED) is 0.917. The van der Waals surface area contributed by atoms with Crippen LogP contribution in [0.25, 0.3) is 0 Å². The predicted octanol–water partition coefficient (Wildman–Crippen LogP) is 3.50.